The predicted octanol–water partition coefficient (Wildman–Crippen LogP) is 2.52. The predicted molar refractivity (Wildman–Crippen MR) is 78.7 cm³/mol. The molecule has 0 bridgehead atoms. The molecule has 0 amide bonds. The second kappa shape index (κ2) is 12.9. The van der Waals surface area contributed by atoms with Crippen LogP contribution in [0.3, 0.4) is 0 Å². The van der Waals surface area contributed by atoms with Gasteiger partial charge in [0.15, 0.2) is 0 Å². The van der Waals surface area contributed by atoms with Crippen LogP contribution < -0.4 is 5.32 Å². The molecule has 0 aromatic heterocycles. The van der Waals surface area contributed by atoms with E-state index in [9.17, 15) is 0 Å². The van der Waals surface area contributed by atoms with E-state index in [-0.39, 0.29) is 6.42 Å². The van der Waals surface area contributed by atoms with Gasteiger partial charge in [-0.25, -0.2) is 0 Å². The van der Waals surface area contributed by atoms with E-state index < -0.39 is 5.97 Å². The molecule has 0 saturated heterocycles. The highest BCUT2D eigenvalue weighted by Crippen LogP contribution is 2.10. The quantitative estimate of drug-likeness (QED) is 0.290. The summed E-state index contributed by atoms with van der Waals surface area (Å²) in [6, 6.07) is 0. The molecular weight excluding hydrogens is 242 g/mol. The average molecular weight is 275 g/mol. The van der Waals surface area contributed by atoms with Crippen LogP contribution in [0, 0.1) is 0 Å². The molecule has 0 aromatic rings. The molecule has 0 aliphatic rings. The molecular formula is C15H33NO3. The summed E-state index contributed by atoms with van der Waals surface area (Å²) in [5, 5.41) is 29.1. The first-order valence-corrected chi connectivity index (χ1v) is 7.94. The fourth-order valence-electron chi connectivity index (χ4n) is 2.12. The molecule has 4 N–H and O–H groups in total. The Bertz CT molecular complexity index is 181. The maximum absolute atomic E-state index is 8.67. The van der Waals surface area contributed by atoms with Crippen LogP contribution in [0.15, 0.2) is 0 Å². The molecule has 4 nitrogen and oxygen atoms in total. The molecule has 19 heavy (non-hydrogen) atoms. The van der Waals surface area contributed by atoms with E-state index >= 15 is 0 Å². The van der Waals surface area contributed by atoms with Gasteiger partial charge in [-0.05, 0) is 13.0 Å². The van der Waals surface area contributed by atoms with E-state index in [2.05, 4.69) is 12.2 Å². The van der Waals surface area contributed by atoms with Crippen molar-refractivity contribution in [2.45, 2.75) is 83.5 Å². The average Bonchev–Trinajstić information content (AvgIpc) is 2.34. The summed E-state index contributed by atoms with van der Waals surface area (Å²) in [5.41, 5.74) is 0. The first-order chi connectivity index (χ1) is 9.06. The molecule has 0 radical (unpaired) electrons. The molecule has 4 heteroatoms. The zero-order chi connectivity index (χ0) is 14.4. The van der Waals surface area contributed by atoms with Gasteiger partial charge in [0, 0.05) is 13.0 Å². The largest absolute Gasteiger partial charge is 0.344 e. The van der Waals surface area contributed by atoms with Crippen molar-refractivity contribution in [1.29, 1.82) is 0 Å². The van der Waals surface area contributed by atoms with E-state index in [1.54, 1.807) is 0 Å². The van der Waals surface area contributed by atoms with Gasteiger partial charge in [0.25, 0.3) is 5.97 Å². The lowest BCUT2D eigenvalue weighted by atomic mass is 10.1. The summed E-state index contributed by atoms with van der Waals surface area (Å²) in [4.78, 5) is 0. The van der Waals surface area contributed by atoms with E-state index in [4.69, 9.17) is 15.3 Å². The van der Waals surface area contributed by atoms with Crippen molar-refractivity contribution in [1.82, 2.24) is 5.32 Å². The fourth-order valence-corrected chi connectivity index (χ4v) is 2.12. The molecule has 0 aromatic carbocycles. The first-order valence-electron chi connectivity index (χ1n) is 7.94. The third kappa shape index (κ3) is 17.8. The minimum absolute atomic E-state index is 0.0508. The van der Waals surface area contributed by atoms with Gasteiger partial charge < -0.3 is 20.6 Å². The normalized spacial score (nSPS) is 12.0. The SMILES string of the molecule is CCCCCCCCCCCCNCCC(O)(O)O. The van der Waals surface area contributed by atoms with Gasteiger partial charge in [0.05, 0.1) is 0 Å². The lowest BCUT2D eigenvalue weighted by Crippen LogP contribution is -2.32. The molecule has 0 unspecified atom stereocenters. The minimum Gasteiger partial charge on any atom is -0.344 e. The summed E-state index contributed by atoms with van der Waals surface area (Å²) in [7, 11) is 0. The molecule has 0 fully saturated rings. The highest BCUT2D eigenvalue weighted by Gasteiger charge is 2.16. The Kier molecular flexibility index (Phi) is 12.7. The van der Waals surface area contributed by atoms with Crippen LogP contribution in [0.25, 0.3) is 0 Å². The molecule has 116 valence electrons. The highest BCUT2D eigenvalue weighted by atomic mass is 16.7. The standard InChI is InChI=1S/C15H33NO3/c1-2-3-4-5-6-7-8-9-10-11-13-16-14-12-15(17,18)19/h16-19H,2-14H2,1H3. The van der Waals surface area contributed by atoms with E-state index in [1.165, 1.54) is 57.8 Å². The van der Waals surface area contributed by atoms with Gasteiger partial charge in [-0.2, -0.15) is 0 Å². The van der Waals surface area contributed by atoms with Gasteiger partial charge >= 0.3 is 0 Å². The third-order valence-corrected chi connectivity index (χ3v) is 3.34. The lowest BCUT2D eigenvalue weighted by molar-refractivity contribution is -0.313. The second-order valence-corrected chi connectivity index (χ2v) is 5.46. The van der Waals surface area contributed by atoms with Crippen molar-refractivity contribution in [3.05, 3.63) is 0 Å². The number of hydrogen-bond donors (Lipinski definition) is 4. The highest BCUT2D eigenvalue weighted by molar-refractivity contribution is 4.54. The molecule has 0 saturated carbocycles. The van der Waals surface area contributed by atoms with Gasteiger partial charge in [-0.15, -0.1) is 0 Å². The minimum atomic E-state index is -2.52. The Balaban J connectivity index is 2.99. The maximum Gasteiger partial charge on any atom is 0.276 e. The Morgan fingerprint density at radius 1 is 0.684 bits per heavy atom. The Hall–Kier alpha value is -0.160. The third-order valence-electron chi connectivity index (χ3n) is 3.34. The van der Waals surface area contributed by atoms with Crippen molar-refractivity contribution < 1.29 is 15.3 Å². The van der Waals surface area contributed by atoms with Crippen molar-refractivity contribution >= 4 is 0 Å². The fraction of sp³-hybridized carbons (Fsp3) is 1.00. The Labute approximate surface area is 118 Å². The summed E-state index contributed by atoms with van der Waals surface area (Å²) < 4.78 is 0. The topological polar surface area (TPSA) is 72.7 Å². The van der Waals surface area contributed by atoms with Crippen LogP contribution in [-0.4, -0.2) is 34.4 Å². The molecule has 0 aliphatic carbocycles. The smallest absolute Gasteiger partial charge is 0.276 e. The number of unbranched alkanes of at least 4 members (excludes halogenated alkanes) is 9. The van der Waals surface area contributed by atoms with E-state index in [1.807, 2.05) is 0 Å². The monoisotopic (exact) mass is 275 g/mol. The first kappa shape index (κ1) is 18.8. The molecule has 0 aliphatic heterocycles. The Morgan fingerprint density at radius 3 is 1.63 bits per heavy atom. The van der Waals surface area contributed by atoms with E-state index in [0.717, 1.165) is 13.0 Å². The number of nitrogens with one attached hydrogen (secondary N) is 1. The van der Waals surface area contributed by atoms with Gasteiger partial charge in [0.1, 0.15) is 0 Å². The van der Waals surface area contributed by atoms with Crippen molar-refractivity contribution in [3.8, 4) is 0 Å². The van der Waals surface area contributed by atoms with Crippen LogP contribution in [0.4, 0.5) is 0 Å². The van der Waals surface area contributed by atoms with Crippen LogP contribution in [0.2, 0.25) is 0 Å². The van der Waals surface area contributed by atoms with Crippen molar-refractivity contribution in [3.63, 3.8) is 0 Å². The van der Waals surface area contributed by atoms with Crippen LogP contribution in [0.5, 0.6) is 0 Å². The zero-order valence-electron chi connectivity index (χ0n) is 12.5. The van der Waals surface area contributed by atoms with Crippen molar-refractivity contribution in [2.75, 3.05) is 13.1 Å². The van der Waals surface area contributed by atoms with Gasteiger partial charge in [-0.1, -0.05) is 64.7 Å². The maximum atomic E-state index is 8.67. The second-order valence-electron chi connectivity index (χ2n) is 5.46. The van der Waals surface area contributed by atoms with Crippen LogP contribution in [-0.2, 0) is 0 Å². The summed E-state index contributed by atoms with van der Waals surface area (Å²) in [5.74, 6) is -2.52. The van der Waals surface area contributed by atoms with Crippen LogP contribution in [0.1, 0.15) is 77.6 Å². The molecule has 0 spiro atoms. The number of aliphatic hydroxyl groups is 3. The molecule has 0 atom stereocenters. The van der Waals surface area contributed by atoms with E-state index in [0.29, 0.717) is 6.54 Å². The van der Waals surface area contributed by atoms with Crippen LogP contribution >= 0.6 is 0 Å². The Morgan fingerprint density at radius 2 is 1.16 bits per heavy atom. The summed E-state index contributed by atoms with van der Waals surface area (Å²) >= 11 is 0. The summed E-state index contributed by atoms with van der Waals surface area (Å²) in [6.07, 6.45) is 13.1. The van der Waals surface area contributed by atoms with Gasteiger partial charge in [0.2, 0.25) is 0 Å². The van der Waals surface area contributed by atoms with Gasteiger partial charge in [-0.3, -0.25) is 0 Å². The van der Waals surface area contributed by atoms with Crippen molar-refractivity contribution in [2.24, 2.45) is 0 Å². The number of rotatable bonds is 14. The lowest BCUT2D eigenvalue weighted by Gasteiger charge is -2.13. The summed E-state index contributed by atoms with van der Waals surface area (Å²) in [6.45, 7) is 3.56. The zero-order valence-corrected chi connectivity index (χ0v) is 12.5. The number of hydrogen-bond acceptors (Lipinski definition) is 4. The molecule has 0 heterocycles. The molecule has 0 rings (SSSR count).